The smallest absolute Gasteiger partial charge is 0.262 e. The lowest BCUT2D eigenvalue weighted by Crippen LogP contribution is -2.54. The van der Waals surface area contributed by atoms with Gasteiger partial charge in [-0.2, -0.15) is 0 Å². The van der Waals surface area contributed by atoms with E-state index >= 15 is 0 Å². The molecule has 0 radical (unpaired) electrons. The molecule has 2 unspecified atom stereocenters. The summed E-state index contributed by atoms with van der Waals surface area (Å²) in [5, 5.41) is 5.81. The fourth-order valence-corrected chi connectivity index (χ4v) is 5.08. The molecule has 2 heterocycles. The van der Waals surface area contributed by atoms with Crippen molar-refractivity contribution in [2.45, 2.75) is 57.3 Å². The molecule has 4 amide bonds. The number of hydrogen-bond acceptors (Lipinski definition) is 6. The first-order chi connectivity index (χ1) is 16.0. The minimum Gasteiger partial charge on any atom is -0.326 e. The van der Waals surface area contributed by atoms with Crippen LogP contribution >= 0.6 is 0 Å². The first-order valence-corrected chi connectivity index (χ1v) is 11.4. The number of nitrogens with one attached hydrogen (secondary N) is 2. The summed E-state index contributed by atoms with van der Waals surface area (Å²) in [5.41, 5.74) is 11.0. The molecular formula is C25H26N4O4. The first kappa shape index (κ1) is 21.5. The molecule has 1 aliphatic carbocycles. The highest BCUT2D eigenvalue weighted by molar-refractivity contribution is 6.23. The molecule has 0 saturated carbocycles. The summed E-state index contributed by atoms with van der Waals surface area (Å²) < 4.78 is 0. The molecule has 1 fully saturated rings. The second kappa shape index (κ2) is 8.53. The molecule has 0 bridgehead atoms. The second-order valence-corrected chi connectivity index (χ2v) is 8.89. The number of nitrogens with zero attached hydrogens (tertiary/aromatic N) is 1. The van der Waals surface area contributed by atoms with Crippen molar-refractivity contribution in [1.29, 1.82) is 0 Å². The van der Waals surface area contributed by atoms with E-state index in [1.54, 1.807) is 12.1 Å². The number of piperidine rings is 1. The number of rotatable bonds is 5. The summed E-state index contributed by atoms with van der Waals surface area (Å²) in [6.07, 6.45) is 3.43. The van der Waals surface area contributed by atoms with Gasteiger partial charge in [0.1, 0.15) is 6.04 Å². The van der Waals surface area contributed by atoms with Crippen LogP contribution < -0.4 is 16.4 Å². The maximum absolute atomic E-state index is 13.0. The van der Waals surface area contributed by atoms with Gasteiger partial charge in [-0.05, 0) is 60.1 Å². The van der Waals surface area contributed by atoms with Crippen LogP contribution in [-0.4, -0.2) is 34.6 Å². The minimum absolute atomic E-state index is 0.106. The third-order valence-corrected chi connectivity index (χ3v) is 6.81. The Balaban J connectivity index is 1.32. The zero-order valence-electron chi connectivity index (χ0n) is 18.2. The van der Waals surface area contributed by atoms with Gasteiger partial charge in [-0.25, -0.2) is 0 Å². The highest BCUT2D eigenvalue weighted by atomic mass is 16.2. The average Bonchev–Trinajstić information content (AvgIpc) is 3.07. The standard InChI is InChI=1S/C25H26N4O4/c26-12-14-4-6-17-16(10-14)2-1-3-20(17)27-13-15-5-7-18-19(11-15)25(33)29(24(18)32)21-8-9-22(30)28-23(21)31/h4-7,10-11,20-21,27H,1-3,8-9,12-13,26H2,(H,28,30,31). The van der Waals surface area contributed by atoms with Gasteiger partial charge in [0.25, 0.3) is 11.8 Å². The largest absolute Gasteiger partial charge is 0.326 e. The number of nitrogens with two attached hydrogens (primary N) is 1. The quantitative estimate of drug-likeness (QED) is 0.601. The Morgan fingerprint density at radius 1 is 0.939 bits per heavy atom. The predicted octanol–water partition coefficient (Wildman–Crippen LogP) is 1.71. The Morgan fingerprint density at radius 2 is 1.73 bits per heavy atom. The van der Waals surface area contributed by atoms with Gasteiger partial charge in [0.15, 0.2) is 0 Å². The van der Waals surface area contributed by atoms with Gasteiger partial charge in [0.05, 0.1) is 11.1 Å². The highest BCUT2D eigenvalue weighted by Gasteiger charge is 2.44. The molecule has 170 valence electrons. The number of fused-ring (bicyclic) bond motifs is 2. The summed E-state index contributed by atoms with van der Waals surface area (Å²) in [4.78, 5) is 50.5. The van der Waals surface area contributed by atoms with Crippen LogP contribution in [0.4, 0.5) is 0 Å². The molecule has 33 heavy (non-hydrogen) atoms. The summed E-state index contributed by atoms with van der Waals surface area (Å²) in [6.45, 7) is 1.08. The van der Waals surface area contributed by atoms with Crippen LogP contribution in [0.15, 0.2) is 36.4 Å². The molecule has 0 aromatic heterocycles. The summed E-state index contributed by atoms with van der Waals surface area (Å²) in [5.74, 6) is -1.95. The SMILES string of the molecule is NCc1ccc2c(c1)CCCC2NCc1ccc2c(c1)C(=O)N(C1CCC(=O)NC1=O)C2=O. The third kappa shape index (κ3) is 3.85. The molecule has 2 aromatic rings. The van der Waals surface area contributed by atoms with Gasteiger partial charge in [-0.1, -0.05) is 24.3 Å². The summed E-state index contributed by atoms with van der Waals surface area (Å²) in [6, 6.07) is 10.9. The Kier molecular flexibility index (Phi) is 5.55. The normalized spacial score (nSPS) is 22.3. The number of benzene rings is 2. The van der Waals surface area contributed by atoms with Gasteiger partial charge >= 0.3 is 0 Å². The molecule has 2 aromatic carbocycles. The predicted molar refractivity (Wildman–Crippen MR) is 120 cm³/mol. The Morgan fingerprint density at radius 3 is 2.52 bits per heavy atom. The van der Waals surface area contributed by atoms with Gasteiger partial charge in [-0.15, -0.1) is 0 Å². The zero-order valence-corrected chi connectivity index (χ0v) is 18.2. The maximum atomic E-state index is 13.0. The number of aryl methyl sites for hydroxylation is 1. The van der Waals surface area contributed by atoms with Crippen molar-refractivity contribution < 1.29 is 19.2 Å². The molecule has 8 heteroatoms. The molecule has 3 aliphatic rings. The number of carbonyl (C=O) groups excluding carboxylic acids is 4. The van der Waals surface area contributed by atoms with Crippen molar-refractivity contribution in [1.82, 2.24) is 15.5 Å². The molecule has 2 aliphatic heterocycles. The number of imide groups is 2. The second-order valence-electron chi connectivity index (χ2n) is 8.89. The zero-order chi connectivity index (χ0) is 23.1. The van der Waals surface area contributed by atoms with Crippen LogP contribution in [0.5, 0.6) is 0 Å². The van der Waals surface area contributed by atoms with Crippen LogP contribution in [0.25, 0.3) is 0 Å². The molecule has 1 saturated heterocycles. The van der Waals surface area contributed by atoms with E-state index in [-0.39, 0.29) is 24.8 Å². The summed E-state index contributed by atoms with van der Waals surface area (Å²) >= 11 is 0. The molecule has 4 N–H and O–H groups in total. The number of amides is 4. The van der Waals surface area contributed by atoms with Crippen LogP contribution in [0.2, 0.25) is 0 Å². The van der Waals surface area contributed by atoms with Gasteiger partial charge in [0, 0.05) is 25.6 Å². The molecular weight excluding hydrogens is 420 g/mol. The average molecular weight is 447 g/mol. The van der Waals surface area contributed by atoms with Gasteiger partial charge in [0.2, 0.25) is 11.8 Å². The van der Waals surface area contributed by atoms with E-state index < -0.39 is 23.8 Å². The van der Waals surface area contributed by atoms with Crippen molar-refractivity contribution >= 4 is 23.6 Å². The lowest BCUT2D eigenvalue weighted by Gasteiger charge is -2.27. The van der Waals surface area contributed by atoms with Crippen LogP contribution in [0.3, 0.4) is 0 Å². The van der Waals surface area contributed by atoms with Gasteiger partial charge in [-0.3, -0.25) is 29.4 Å². The first-order valence-electron chi connectivity index (χ1n) is 11.4. The monoisotopic (exact) mass is 446 g/mol. The number of carbonyl (C=O) groups is 4. The van der Waals surface area contributed by atoms with E-state index in [9.17, 15) is 19.2 Å². The van der Waals surface area contributed by atoms with Crippen LogP contribution in [-0.2, 0) is 29.1 Å². The topological polar surface area (TPSA) is 122 Å². The fraction of sp³-hybridized carbons (Fsp3) is 0.360. The van der Waals surface area contributed by atoms with Crippen LogP contribution in [0.1, 0.15) is 74.7 Å². The third-order valence-electron chi connectivity index (χ3n) is 6.81. The highest BCUT2D eigenvalue weighted by Crippen LogP contribution is 2.32. The Labute approximate surface area is 191 Å². The molecule has 8 nitrogen and oxygen atoms in total. The van der Waals surface area contributed by atoms with E-state index in [2.05, 4.69) is 28.8 Å². The minimum atomic E-state index is -0.950. The lowest BCUT2D eigenvalue weighted by molar-refractivity contribution is -0.136. The molecule has 2 atom stereocenters. The molecule has 5 rings (SSSR count). The van der Waals surface area contributed by atoms with Crippen molar-refractivity contribution in [3.05, 3.63) is 69.8 Å². The van der Waals surface area contributed by atoms with E-state index in [0.717, 1.165) is 35.3 Å². The van der Waals surface area contributed by atoms with E-state index in [1.165, 1.54) is 11.1 Å². The van der Waals surface area contributed by atoms with E-state index in [1.807, 2.05) is 6.07 Å². The summed E-state index contributed by atoms with van der Waals surface area (Å²) in [7, 11) is 0. The Hall–Kier alpha value is -3.36. The van der Waals surface area contributed by atoms with Crippen molar-refractivity contribution in [2.24, 2.45) is 5.73 Å². The fourth-order valence-electron chi connectivity index (χ4n) is 5.08. The van der Waals surface area contributed by atoms with Crippen molar-refractivity contribution in [2.75, 3.05) is 0 Å². The van der Waals surface area contributed by atoms with Crippen molar-refractivity contribution in [3.8, 4) is 0 Å². The van der Waals surface area contributed by atoms with Crippen LogP contribution in [0, 0.1) is 0 Å². The van der Waals surface area contributed by atoms with Crippen molar-refractivity contribution in [3.63, 3.8) is 0 Å². The number of hydrogen-bond donors (Lipinski definition) is 3. The van der Waals surface area contributed by atoms with Gasteiger partial charge < -0.3 is 11.1 Å². The van der Waals surface area contributed by atoms with E-state index in [4.69, 9.17) is 5.73 Å². The lowest BCUT2D eigenvalue weighted by atomic mass is 9.86. The Bertz CT molecular complexity index is 1170. The molecule has 0 spiro atoms. The van der Waals surface area contributed by atoms with E-state index in [0.29, 0.717) is 24.2 Å². The maximum Gasteiger partial charge on any atom is 0.262 e.